The van der Waals surface area contributed by atoms with Gasteiger partial charge in [-0.3, -0.25) is 9.69 Å². The molecule has 17 heavy (non-hydrogen) atoms. The lowest BCUT2D eigenvalue weighted by Gasteiger charge is -2.33. The Kier molecular flexibility index (Phi) is 3.46. The smallest absolute Gasteiger partial charge is 0.223 e. The van der Waals surface area contributed by atoms with Crippen LogP contribution in [0, 0.1) is 5.92 Å². The summed E-state index contributed by atoms with van der Waals surface area (Å²) >= 11 is 0. The first kappa shape index (κ1) is 12.8. The van der Waals surface area contributed by atoms with Gasteiger partial charge in [-0.15, -0.1) is 0 Å². The van der Waals surface area contributed by atoms with Gasteiger partial charge in [0.1, 0.15) is 0 Å². The summed E-state index contributed by atoms with van der Waals surface area (Å²) in [7, 11) is 0. The van der Waals surface area contributed by atoms with Crippen LogP contribution in [0.5, 0.6) is 0 Å². The summed E-state index contributed by atoms with van der Waals surface area (Å²) in [4.78, 5) is 16.5. The maximum absolute atomic E-state index is 11.9. The Hall–Kier alpha value is -0.610. The van der Waals surface area contributed by atoms with E-state index in [2.05, 4.69) is 30.6 Å². The molecule has 4 nitrogen and oxygen atoms in total. The van der Waals surface area contributed by atoms with E-state index in [1.807, 2.05) is 0 Å². The third-order valence-electron chi connectivity index (χ3n) is 4.12. The average molecular weight is 239 g/mol. The third kappa shape index (κ3) is 2.63. The molecule has 0 bridgehead atoms. The summed E-state index contributed by atoms with van der Waals surface area (Å²) in [5.41, 5.74) is 5.88. The van der Waals surface area contributed by atoms with Crippen molar-refractivity contribution in [2.45, 2.75) is 45.2 Å². The lowest BCUT2D eigenvalue weighted by molar-refractivity contribution is -0.129. The highest BCUT2D eigenvalue weighted by molar-refractivity contribution is 5.79. The molecule has 2 unspecified atom stereocenters. The molecule has 2 fully saturated rings. The van der Waals surface area contributed by atoms with E-state index in [0.29, 0.717) is 30.8 Å². The first-order valence-electron chi connectivity index (χ1n) is 6.66. The molecule has 2 aliphatic heterocycles. The predicted octanol–water partition coefficient (Wildman–Crippen LogP) is 0.666. The van der Waals surface area contributed by atoms with Crippen molar-refractivity contribution in [2.24, 2.45) is 11.7 Å². The van der Waals surface area contributed by atoms with Crippen LogP contribution in [0.1, 0.15) is 33.6 Å². The molecule has 1 amide bonds. The minimum atomic E-state index is 0.213. The molecule has 0 radical (unpaired) electrons. The molecule has 0 aromatic heterocycles. The number of rotatable bonds is 2. The Morgan fingerprint density at radius 3 is 2.53 bits per heavy atom. The molecule has 0 spiro atoms. The fraction of sp³-hybridized carbons (Fsp3) is 0.923. The van der Waals surface area contributed by atoms with Crippen molar-refractivity contribution in [3.05, 3.63) is 0 Å². The summed E-state index contributed by atoms with van der Waals surface area (Å²) in [5.74, 6) is 0.687. The lowest BCUT2D eigenvalue weighted by Crippen LogP contribution is -2.44. The van der Waals surface area contributed by atoms with Crippen molar-refractivity contribution in [3.63, 3.8) is 0 Å². The monoisotopic (exact) mass is 239 g/mol. The number of hydrogen-bond donors (Lipinski definition) is 1. The van der Waals surface area contributed by atoms with Crippen LogP contribution in [0.4, 0.5) is 0 Å². The number of carbonyl (C=O) groups is 1. The fourth-order valence-corrected chi connectivity index (χ4v) is 2.92. The summed E-state index contributed by atoms with van der Waals surface area (Å²) in [6.07, 6.45) is 1.77. The van der Waals surface area contributed by atoms with Gasteiger partial charge in [-0.1, -0.05) is 0 Å². The van der Waals surface area contributed by atoms with Gasteiger partial charge < -0.3 is 10.6 Å². The standard InChI is InChI=1S/C13H25N3O/c1-13(2,3)15-5-4-11(9-15)16-8-10(7-14)6-12(16)17/h10-11H,4-9,14H2,1-3H3. The van der Waals surface area contributed by atoms with Gasteiger partial charge >= 0.3 is 0 Å². The summed E-state index contributed by atoms with van der Waals surface area (Å²) in [5, 5.41) is 0. The van der Waals surface area contributed by atoms with Gasteiger partial charge in [0.25, 0.3) is 0 Å². The van der Waals surface area contributed by atoms with Gasteiger partial charge in [-0.05, 0) is 39.7 Å². The van der Waals surface area contributed by atoms with Crippen LogP contribution in [0.2, 0.25) is 0 Å². The van der Waals surface area contributed by atoms with Crippen molar-refractivity contribution in [1.29, 1.82) is 0 Å². The van der Waals surface area contributed by atoms with Crippen molar-refractivity contribution >= 4 is 5.91 Å². The van der Waals surface area contributed by atoms with Crippen LogP contribution >= 0.6 is 0 Å². The molecule has 2 rings (SSSR count). The van der Waals surface area contributed by atoms with Gasteiger partial charge in [0.05, 0.1) is 0 Å². The molecule has 0 aromatic rings. The summed E-state index contributed by atoms with van der Waals surface area (Å²) in [6, 6.07) is 0.415. The molecule has 2 N–H and O–H groups in total. The van der Waals surface area contributed by atoms with Crippen LogP contribution < -0.4 is 5.73 Å². The van der Waals surface area contributed by atoms with Crippen LogP contribution in [0.15, 0.2) is 0 Å². The second kappa shape index (κ2) is 4.58. The van der Waals surface area contributed by atoms with E-state index in [0.717, 1.165) is 26.1 Å². The predicted molar refractivity (Wildman–Crippen MR) is 68.6 cm³/mol. The number of likely N-dealkylation sites (tertiary alicyclic amines) is 2. The van der Waals surface area contributed by atoms with E-state index in [-0.39, 0.29) is 5.54 Å². The molecular formula is C13H25N3O. The fourth-order valence-electron chi connectivity index (χ4n) is 2.92. The molecule has 0 saturated carbocycles. The molecule has 4 heteroatoms. The van der Waals surface area contributed by atoms with E-state index in [1.54, 1.807) is 0 Å². The van der Waals surface area contributed by atoms with Gasteiger partial charge in [-0.2, -0.15) is 0 Å². The van der Waals surface area contributed by atoms with E-state index in [4.69, 9.17) is 5.73 Å². The minimum absolute atomic E-state index is 0.213. The molecule has 0 aliphatic carbocycles. The minimum Gasteiger partial charge on any atom is -0.338 e. The van der Waals surface area contributed by atoms with E-state index in [9.17, 15) is 4.79 Å². The Labute approximate surface area is 104 Å². The van der Waals surface area contributed by atoms with Crippen molar-refractivity contribution < 1.29 is 4.79 Å². The Bertz CT molecular complexity index is 298. The third-order valence-corrected chi connectivity index (χ3v) is 4.12. The molecule has 98 valence electrons. The molecular weight excluding hydrogens is 214 g/mol. The second-order valence-electron chi connectivity index (χ2n) is 6.41. The first-order valence-corrected chi connectivity index (χ1v) is 6.66. The Balaban J connectivity index is 1.95. The highest BCUT2D eigenvalue weighted by Gasteiger charge is 2.39. The largest absolute Gasteiger partial charge is 0.338 e. The van der Waals surface area contributed by atoms with Gasteiger partial charge in [0, 0.05) is 37.6 Å². The first-order chi connectivity index (χ1) is 7.91. The SMILES string of the molecule is CC(C)(C)N1CCC(N2CC(CN)CC2=O)C1. The lowest BCUT2D eigenvalue weighted by atomic mass is 10.1. The molecule has 2 saturated heterocycles. The van der Waals surface area contributed by atoms with Crippen LogP contribution in [0.3, 0.4) is 0 Å². The summed E-state index contributed by atoms with van der Waals surface area (Å²) in [6.45, 7) is 10.4. The zero-order chi connectivity index (χ0) is 12.6. The number of nitrogens with two attached hydrogens (primary N) is 1. The number of amides is 1. The maximum Gasteiger partial charge on any atom is 0.223 e. The van der Waals surface area contributed by atoms with Crippen molar-refractivity contribution in [3.8, 4) is 0 Å². The maximum atomic E-state index is 11.9. The normalized spacial score (nSPS) is 31.5. The highest BCUT2D eigenvalue weighted by Crippen LogP contribution is 2.27. The van der Waals surface area contributed by atoms with E-state index in [1.165, 1.54) is 0 Å². The van der Waals surface area contributed by atoms with Crippen LogP contribution in [-0.4, -0.2) is 53.5 Å². The Morgan fingerprint density at radius 2 is 2.06 bits per heavy atom. The molecule has 0 aromatic carbocycles. The van der Waals surface area contributed by atoms with Crippen molar-refractivity contribution in [1.82, 2.24) is 9.80 Å². The zero-order valence-electron chi connectivity index (χ0n) is 11.3. The molecule has 2 atom stereocenters. The second-order valence-corrected chi connectivity index (χ2v) is 6.41. The van der Waals surface area contributed by atoms with Gasteiger partial charge in [-0.25, -0.2) is 0 Å². The molecule has 2 heterocycles. The van der Waals surface area contributed by atoms with Crippen LogP contribution in [-0.2, 0) is 4.79 Å². The number of hydrogen-bond acceptors (Lipinski definition) is 3. The van der Waals surface area contributed by atoms with Gasteiger partial charge in [0.2, 0.25) is 5.91 Å². The zero-order valence-corrected chi connectivity index (χ0v) is 11.3. The van der Waals surface area contributed by atoms with Gasteiger partial charge in [0.15, 0.2) is 0 Å². The average Bonchev–Trinajstić information content (AvgIpc) is 2.82. The van der Waals surface area contributed by atoms with E-state index >= 15 is 0 Å². The quantitative estimate of drug-likeness (QED) is 0.770. The number of carbonyl (C=O) groups excluding carboxylic acids is 1. The van der Waals surface area contributed by atoms with Crippen molar-refractivity contribution in [2.75, 3.05) is 26.2 Å². The Morgan fingerprint density at radius 1 is 1.35 bits per heavy atom. The molecule has 2 aliphatic rings. The summed E-state index contributed by atoms with van der Waals surface area (Å²) < 4.78 is 0. The topological polar surface area (TPSA) is 49.6 Å². The van der Waals surface area contributed by atoms with Crippen LogP contribution in [0.25, 0.3) is 0 Å². The highest BCUT2D eigenvalue weighted by atomic mass is 16.2. The van der Waals surface area contributed by atoms with E-state index < -0.39 is 0 Å². The number of nitrogens with zero attached hydrogens (tertiary/aromatic N) is 2.